The number of imidazole rings is 1. The number of aliphatic hydroxyl groups is 1. The number of aromatic nitrogens is 5. The van der Waals surface area contributed by atoms with E-state index in [0.717, 1.165) is 46.0 Å². The molecule has 34 heavy (non-hydrogen) atoms. The van der Waals surface area contributed by atoms with Crippen LogP contribution in [0.5, 0.6) is 0 Å². The molecular weight excluding hydrogens is 428 g/mol. The fraction of sp³-hybridized carbons (Fsp3) is 0.320. The van der Waals surface area contributed by atoms with Crippen LogP contribution in [-0.4, -0.2) is 49.0 Å². The van der Waals surface area contributed by atoms with Crippen LogP contribution in [0.2, 0.25) is 0 Å². The van der Waals surface area contributed by atoms with Crippen molar-refractivity contribution in [3.8, 4) is 11.9 Å². The minimum Gasteiger partial charge on any atom is -0.396 e. The van der Waals surface area contributed by atoms with Crippen LogP contribution >= 0.6 is 0 Å². The minimum atomic E-state index is -0.0133. The Balaban J connectivity index is 1.48. The molecule has 0 radical (unpaired) electrons. The number of hydrogen-bond donors (Lipinski definition) is 2. The molecule has 1 fully saturated rings. The van der Waals surface area contributed by atoms with E-state index >= 15 is 0 Å². The molecule has 2 unspecified atom stereocenters. The van der Waals surface area contributed by atoms with Crippen molar-refractivity contribution in [2.45, 2.75) is 32.7 Å². The fourth-order valence-corrected chi connectivity index (χ4v) is 4.47. The van der Waals surface area contributed by atoms with Crippen molar-refractivity contribution < 1.29 is 5.11 Å². The Hall–Kier alpha value is -4.03. The molecular formula is C25H26N8O. The van der Waals surface area contributed by atoms with Crippen LogP contribution in [-0.2, 0) is 6.42 Å². The Morgan fingerprint density at radius 1 is 1.18 bits per heavy atom. The van der Waals surface area contributed by atoms with Crippen LogP contribution in [0.4, 0.5) is 17.3 Å². The van der Waals surface area contributed by atoms with E-state index in [-0.39, 0.29) is 18.6 Å². The topological polar surface area (TPSA) is 116 Å². The molecule has 172 valence electrons. The monoisotopic (exact) mass is 454 g/mol. The Morgan fingerprint density at radius 2 is 2.06 bits per heavy atom. The van der Waals surface area contributed by atoms with Gasteiger partial charge < -0.3 is 15.3 Å². The van der Waals surface area contributed by atoms with Gasteiger partial charge in [-0.15, -0.1) is 5.10 Å². The summed E-state index contributed by atoms with van der Waals surface area (Å²) in [6.45, 7) is 4.72. The Bertz CT molecular complexity index is 1360. The number of pyridine rings is 1. The molecule has 2 atom stereocenters. The van der Waals surface area contributed by atoms with Crippen molar-refractivity contribution in [3.63, 3.8) is 0 Å². The van der Waals surface area contributed by atoms with Crippen molar-refractivity contribution in [2.75, 3.05) is 23.4 Å². The third-order valence-corrected chi connectivity index (χ3v) is 6.22. The van der Waals surface area contributed by atoms with Gasteiger partial charge in [-0.1, -0.05) is 6.07 Å². The number of hydrogen-bond acceptors (Lipinski definition) is 8. The number of nitrogens with one attached hydrogen (secondary N) is 1. The fourth-order valence-electron chi connectivity index (χ4n) is 4.47. The molecule has 5 rings (SSSR count). The normalized spacial score (nSPS) is 17.8. The summed E-state index contributed by atoms with van der Waals surface area (Å²) in [4.78, 5) is 11.8. The molecule has 1 saturated heterocycles. The first kappa shape index (κ1) is 21.8. The zero-order valence-corrected chi connectivity index (χ0v) is 19.2. The number of fused-ring (bicyclic) bond motifs is 1. The third-order valence-electron chi connectivity index (χ3n) is 6.22. The van der Waals surface area contributed by atoms with Gasteiger partial charge in [-0.25, -0.2) is 9.97 Å². The standard InChI is InChI=1S/C25H26N8O/c1-16-3-7-23(31-30-16)28-20-5-6-22-21(12-20)27-15-33(22)24-8-4-19(9-10-34)25(29-24)32-14-18(13-26)11-17(32)2/h3-8,12,15,17-18,34H,9-11,14H2,1-2H3,(H,28,31). The second-order valence-electron chi connectivity index (χ2n) is 8.69. The molecule has 0 aliphatic carbocycles. The maximum absolute atomic E-state index is 9.56. The van der Waals surface area contributed by atoms with Gasteiger partial charge in [-0.05, 0) is 68.7 Å². The van der Waals surface area contributed by atoms with E-state index < -0.39 is 0 Å². The first-order valence-electron chi connectivity index (χ1n) is 11.4. The molecule has 0 spiro atoms. The first-order valence-corrected chi connectivity index (χ1v) is 11.4. The van der Waals surface area contributed by atoms with Crippen LogP contribution < -0.4 is 10.2 Å². The summed E-state index contributed by atoms with van der Waals surface area (Å²) in [6, 6.07) is 16.3. The molecule has 1 aliphatic heterocycles. The van der Waals surface area contributed by atoms with Crippen molar-refractivity contribution in [3.05, 3.63) is 60.0 Å². The molecule has 0 saturated carbocycles. The molecule has 1 aliphatic rings. The van der Waals surface area contributed by atoms with Crippen LogP contribution in [0.3, 0.4) is 0 Å². The molecule has 2 N–H and O–H groups in total. The van der Waals surface area contributed by atoms with Gasteiger partial charge in [0.1, 0.15) is 18.0 Å². The smallest absolute Gasteiger partial charge is 0.153 e. The van der Waals surface area contributed by atoms with Gasteiger partial charge in [-0.2, -0.15) is 10.4 Å². The average molecular weight is 455 g/mol. The number of nitrogens with zero attached hydrogens (tertiary/aromatic N) is 7. The lowest BCUT2D eigenvalue weighted by Crippen LogP contribution is -2.29. The summed E-state index contributed by atoms with van der Waals surface area (Å²) in [5.41, 5.74) is 4.47. The molecule has 3 aromatic heterocycles. The van der Waals surface area contributed by atoms with Crippen LogP contribution in [0.1, 0.15) is 24.6 Å². The van der Waals surface area contributed by atoms with E-state index in [0.29, 0.717) is 18.8 Å². The van der Waals surface area contributed by atoms with E-state index in [1.165, 1.54) is 0 Å². The molecule has 9 nitrogen and oxygen atoms in total. The lowest BCUT2D eigenvalue weighted by molar-refractivity contribution is 0.299. The maximum atomic E-state index is 9.56. The van der Waals surface area contributed by atoms with Gasteiger partial charge in [-0.3, -0.25) is 4.57 Å². The van der Waals surface area contributed by atoms with E-state index in [1.54, 1.807) is 6.33 Å². The molecule has 9 heteroatoms. The summed E-state index contributed by atoms with van der Waals surface area (Å²) >= 11 is 0. The summed E-state index contributed by atoms with van der Waals surface area (Å²) < 4.78 is 1.96. The third kappa shape index (κ3) is 4.16. The Labute approximate surface area is 197 Å². The first-order chi connectivity index (χ1) is 16.6. The van der Waals surface area contributed by atoms with Gasteiger partial charge >= 0.3 is 0 Å². The van der Waals surface area contributed by atoms with Gasteiger partial charge in [0.2, 0.25) is 0 Å². The number of aliphatic hydroxyl groups excluding tert-OH is 1. The van der Waals surface area contributed by atoms with Crippen molar-refractivity contribution in [2.24, 2.45) is 5.92 Å². The van der Waals surface area contributed by atoms with Crippen LogP contribution in [0.15, 0.2) is 48.8 Å². The Morgan fingerprint density at radius 3 is 2.79 bits per heavy atom. The van der Waals surface area contributed by atoms with E-state index in [9.17, 15) is 10.4 Å². The summed E-state index contributed by atoms with van der Waals surface area (Å²) in [6.07, 6.45) is 3.10. The van der Waals surface area contributed by atoms with E-state index in [1.807, 2.05) is 54.0 Å². The minimum absolute atomic E-state index is 0.0133. The molecule has 1 aromatic carbocycles. The average Bonchev–Trinajstić information content (AvgIpc) is 3.44. The SMILES string of the molecule is Cc1ccc(Nc2ccc3c(c2)ncn3-c2ccc(CCO)c(N3CC(C#N)CC3C)n2)nn1. The van der Waals surface area contributed by atoms with Gasteiger partial charge in [0.05, 0.1) is 28.7 Å². The second kappa shape index (κ2) is 9.08. The molecule has 0 amide bonds. The van der Waals surface area contributed by atoms with Gasteiger partial charge in [0, 0.05) is 24.9 Å². The zero-order valence-electron chi connectivity index (χ0n) is 19.2. The predicted octanol–water partition coefficient (Wildman–Crippen LogP) is 3.54. The number of nitriles is 1. The van der Waals surface area contributed by atoms with Gasteiger partial charge in [0.15, 0.2) is 5.82 Å². The van der Waals surface area contributed by atoms with Crippen molar-refractivity contribution in [1.29, 1.82) is 5.26 Å². The van der Waals surface area contributed by atoms with E-state index in [2.05, 4.69) is 38.4 Å². The van der Waals surface area contributed by atoms with Crippen molar-refractivity contribution in [1.82, 2.24) is 24.7 Å². The molecule has 4 heterocycles. The zero-order chi connectivity index (χ0) is 23.7. The highest BCUT2D eigenvalue weighted by Gasteiger charge is 2.31. The highest BCUT2D eigenvalue weighted by molar-refractivity contribution is 5.82. The highest BCUT2D eigenvalue weighted by atomic mass is 16.3. The summed E-state index contributed by atoms with van der Waals surface area (Å²) in [5, 5.41) is 30.5. The maximum Gasteiger partial charge on any atom is 0.153 e. The summed E-state index contributed by atoms with van der Waals surface area (Å²) in [5.74, 6) is 2.23. The van der Waals surface area contributed by atoms with E-state index in [4.69, 9.17) is 4.98 Å². The van der Waals surface area contributed by atoms with Crippen LogP contribution in [0.25, 0.3) is 16.9 Å². The van der Waals surface area contributed by atoms with Crippen molar-refractivity contribution >= 4 is 28.4 Å². The molecule has 4 aromatic rings. The lowest BCUT2D eigenvalue weighted by atomic mass is 10.1. The predicted molar refractivity (Wildman–Crippen MR) is 130 cm³/mol. The number of rotatable bonds is 6. The molecule has 0 bridgehead atoms. The largest absolute Gasteiger partial charge is 0.396 e. The number of aryl methyl sites for hydroxylation is 1. The summed E-state index contributed by atoms with van der Waals surface area (Å²) in [7, 11) is 0. The van der Waals surface area contributed by atoms with Crippen LogP contribution in [0, 0.1) is 24.2 Å². The quantitative estimate of drug-likeness (QED) is 0.455. The number of benzene rings is 1. The van der Waals surface area contributed by atoms with Gasteiger partial charge in [0.25, 0.3) is 0 Å². The Kier molecular flexibility index (Phi) is 5.82. The highest BCUT2D eigenvalue weighted by Crippen LogP contribution is 2.32. The second-order valence-corrected chi connectivity index (χ2v) is 8.69. The lowest BCUT2D eigenvalue weighted by Gasteiger charge is -2.25. The number of anilines is 3.